The van der Waals surface area contributed by atoms with Crippen LogP contribution >= 0.6 is 0 Å². The lowest BCUT2D eigenvalue weighted by Crippen LogP contribution is -2.54. The molecule has 284 valence electrons. The number of ether oxygens (including phenoxy) is 2. The van der Waals surface area contributed by atoms with Crippen molar-refractivity contribution in [3.05, 3.63) is 65.8 Å². The van der Waals surface area contributed by atoms with Gasteiger partial charge in [0.05, 0.1) is 25.7 Å². The molecule has 2 heterocycles. The van der Waals surface area contributed by atoms with Gasteiger partial charge in [0.1, 0.15) is 21.3 Å². The summed E-state index contributed by atoms with van der Waals surface area (Å²) in [6, 6.07) is 2.67. The molecule has 0 bridgehead atoms. The Bertz CT molecular complexity index is 2200. The van der Waals surface area contributed by atoms with Gasteiger partial charge in [0, 0.05) is 14.1 Å². The number of rotatable bonds is 10. The Kier molecular flexibility index (Phi) is 12.7. The zero-order valence-electron chi connectivity index (χ0n) is 29.1. The lowest BCUT2D eigenvalue weighted by Gasteiger charge is -2.32. The predicted octanol–water partition coefficient (Wildman–Crippen LogP) is 0.671. The van der Waals surface area contributed by atoms with Gasteiger partial charge < -0.3 is 19.7 Å². The molecule has 2 atom stereocenters. The molecule has 1 aromatic carbocycles. The Balaban J connectivity index is 0.000000286. The van der Waals surface area contributed by atoms with Crippen LogP contribution in [0, 0.1) is 19.8 Å². The van der Waals surface area contributed by atoms with Crippen LogP contribution in [-0.4, -0.2) is 114 Å². The smallest absolute Gasteiger partial charge is 0.337 e. The molecule has 0 saturated heterocycles. The van der Waals surface area contributed by atoms with Gasteiger partial charge in [0.25, 0.3) is 10.0 Å². The van der Waals surface area contributed by atoms with Gasteiger partial charge in [0.15, 0.2) is 0 Å². The van der Waals surface area contributed by atoms with Crippen LogP contribution in [0.5, 0.6) is 12.0 Å². The number of nitrogens with one attached hydrogen (secondary N) is 2. The second kappa shape index (κ2) is 16.4. The highest BCUT2D eigenvalue weighted by Gasteiger charge is 2.48. The van der Waals surface area contributed by atoms with Crippen molar-refractivity contribution in [2.45, 2.75) is 30.4 Å². The molecule has 0 radical (unpaired) electrons. The second-order valence-electron chi connectivity index (χ2n) is 10.8. The molecule has 1 aliphatic rings. The topological polar surface area (TPSA) is 303 Å². The van der Waals surface area contributed by atoms with Gasteiger partial charge in [-0.05, 0) is 32.9 Å². The minimum Gasteiger partial charge on any atom is -0.481 e. The van der Waals surface area contributed by atoms with Crippen LogP contribution in [0.2, 0.25) is 0 Å². The molecule has 24 heteroatoms. The van der Waals surface area contributed by atoms with Gasteiger partial charge in [-0.25, -0.2) is 40.7 Å². The van der Waals surface area contributed by atoms with E-state index in [0.717, 1.165) is 21.9 Å². The van der Waals surface area contributed by atoms with Crippen molar-refractivity contribution in [2.24, 2.45) is 5.92 Å². The molecular weight excluding hydrogens is 745 g/mol. The van der Waals surface area contributed by atoms with E-state index in [1.54, 1.807) is 18.6 Å². The molecule has 3 aromatic rings. The van der Waals surface area contributed by atoms with E-state index in [2.05, 4.69) is 29.9 Å². The third-order valence-electron chi connectivity index (χ3n) is 7.16. The monoisotopic (exact) mass is 778 g/mol. The summed E-state index contributed by atoms with van der Waals surface area (Å²) in [4.78, 5) is 71.9. The lowest BCUT2D eigenvalue weighted by atomic mass is 9.89. The minimum absolute atomic E-state index is 0.0433. The van der Waals surface area contributed by atoms with Crippen LogP contribution in [0.1, 0.15) is 28.9 Å². The maximum absolute atomic E-state index is 12.8. The molecule has 53 heavy (non-hydrogen) atoms. The summed E-state index contributed by atoms with van der Waals surface area (Å²) in [6.07, 6.45) is 5.31. The van der Waals surface area contributed by atoms with Crippen molar-refractivity contribution in [1.29, 1.82) is 0 Å². The SMILES string of the molecule is COc1nc(C)nc(N(C)C(=O)NS(=O)(=O)C2(C)C=CC=CC2C(=O)O)n1.COc1nc(C)nc(N(C)C(=O)NS(=O)(=O)c2ccccc2C(=O)O)n1. The van der Waals surface area contributed by atoms with Gasteiger partial charge in [-0.15, -0.1) is 0 Å². The maximum atomic E-state index is 12.8. The number of carbonyl (C=O) groups excluding carboxylic acids is 2. The van der Waals surface area contributed by atoms with Crippen molar-refractivity contribution in [3.8, 4) is 12.0 Å². The van der Waals surface area contributed by atoms with Gasteiger partial charge in [-0.3, -0.25) is 14.6 Å². The number of aryl methyl sites for hydroxylation is 2. The normalized spacial score (nSPS) is 16.3. The maximum Gasteiger partial charge on any atom is 0.337 e. The fourth-order valence-corrected chi connectivity index (χ4v) is 6.80. The minimum atomic E-state index is -4.44. The number of urea groups is 2. The first kappa shape index (κ1) is 41.1. The highest BCUT2D eigenvalue weighted by atomic mass is 32.2. The van der Waals surface area contributed by atoms with Crippen LogP contribution in [0.25, 0.3) is 0 Å². The zero-order valence-corrected chi connectivity index (χ0v) is 30.7. The van der Waals surface area contributed by atoms with Crippen molar-refractivity contribution in [3.63, 3.8) is 0 Å². The van der Waals surface area contributed by atoms with Crippen molar-refractivity contribution in [2.75, 3.05) is 38.1 Å². The van der Waals surface area contributed by atoms with E-state index < -0.39 is 65.2 Å². The fourth-order valence-electron chi connectivity index (χ4n) is 4.26. The number of sulfonamides is 2. The van der Waals surface area contributed by atoms with Crippen molar-refractivity contribution in [1.82, 2.24) is 39.3 Å². The summed E-state index contributed by atoms with van der Waals surface area (Å²) >= 11 is 0. The summed E-state index contributed by atoms with van der Waals surface area (Å²) in [5, 5.41) is 18.4. The molecule has 0 spiro atoms. The Morgan fingerprint density at radius 3 is 1.74 bits per heavy atom. The first-order chi connectivity index (χ1) is 24.7. The van der Waals surface area contributed by atoms with Crippen LogP contribution in [-0.2, 0) is 24.8 Å². The third kappa shape index (κ3) is 9.53. The van der Waals surface area contributed by atoms with Gasteiger partial charge in [-0.1, -0.05) is 36.4 Å². The highest BCUT2D eigenvalue weighted by molar-refractivity contribution is 7.91. The summed E-state index contributed by atoms with van der Waals surface area (Å²) in [5.74, 6) is -3.90. The van der Waals surface area contributed by atoms with E-state index in [-0.39, 0.29) is 35.6 Å². The number of benzene rings is 1. The van der Waals surface area contributed by atoms with E-state index >= 15 is 0 Å². The largest absolute Gasteiger partial charge is 0.481 e. The number of hydrogen-bond donors (Lipinski definition) is 4. The van der Waals surface area contributed by atoms with Gasteiger partial charge in [-0.2, -0.15) is 29.9 Å². The Labute approximate surface area is 302 Å². The van der Waals surface area contributed by atoms with E-state index in [0.29, 0.717) is 0 Å². The number of carboxylic acid groups (broad SMARTS) is 2. The number of aromatic carboxylic acids is 1. The standard InChI is InChI=1S/C15H19N5O6S.C14H15N5O6S/c1-9-16-12(18-13(17-9)26-4)20(3)14(23)19-27(24,25)15(2)8-6-5-7-10(15)11(21)22;1-8-15-12(17-13(16-8)25-3)19(2)14(22)18-26(23,24)10-7-5-4-6-9(10)11(20)21/h5-8,10H,1-4H3,(H,19,23)(H,21,22);4-7H,1-3H3,(H,18,22)(H,20,21). The molecular formula is C29H34N10O12S2. The van der Waals surface area contributed by atoms with Crippen LogP contribution in [0.4, 0.5) is 21.5 Å². The van der Waals surface area contributed by atoms with E-state index in [4.69, 9.17) is 14.6 Å². The van der Waals surface area contributed by atoms with Gasteiger partial charge in [0.2, 0.25) is 21.9 Å². The average Bonchev–Trinajstić information content (AvgIpc) is 3.10. The summed E-state index contributed by atoms with van der Waals surface area (Å²) < 4.78 is 61.9. The number of carboxylic acids is 2. The lowest BCUT2D eigenvalue weighted by molar-refractivity contribution is -0.140. The van der Waals surface area contributed by atoms with E-state index in [9.17, 15) is 41.1 Å². The first-order valence-electron chi connectivity index (χ1n) is 14.7. The van der Waals surface area contributed by atoms with E-state index in [1.807, 2.05) is 4.72 Å². The molecule has 0 fully saturated rings. The number of aliphatic carboxylic acids is 1. The quantitative estimate of drug-likeness (QED) is 0.220. The fraction of sp³-hybridized carbons (Fsp3) is 0.310. The highest BCUT2D eigenvalue weighted by Crippen LogP contribution is 2.32. The average molecular weight is 779 g/mol. The molecule has 4 rings (SSSR count). The number of hydrogen-bond acceptors (Lipinski definition) is 16. The molecule has 0 saturated carbocycles. The number of allylic oxidation sites excluding steroid dienone is 2. The Morgan fingerprint density at radius 1 is 0.774 bits per heavy atom. The summed E-state index contributed by atoms with van der Waals surface area (Å²) in [5.41, 5.74) is -0.465. The van der Waals surface area contributed by atoms with Gasteiger partial charge >= 0.3 is 36.0 Å². The molecule has 2 aromatic heterocycles. The molecule has 0 aliphatic heterocycles. The molecule has 1 aliphatic carbocycles. The predicted molar refractivity (Wildman–Crippen MR) is 183 cm³/mol. The molecule has 2 unspecified atom stereocenters. The third-order valence-corrected chi connectivity index (χ3v) is 10.5. The number of anilines is 2. The van der Waals surface area contributed by atoms with Crippen molar-refractivity contribution < 1.29 is 55.7 Å². The summed E-state index contributed by atoms with van der Waals surface area (Å²) in [6.45, 7) is 4.31. The molecule has 4 N–H and O–H groups in total. The first-order valence-corrected chi connectivity index (χ1v) is 17.7. The van der Waals surface area contributed by atoms with Crippen LogP contribution in [0.15, 0.2) is 53.5 Å². The number of aromatic nitrogens is 6. The Hall–Kier alpha value is -6.30. The zero-order chi connectivity index (χ0) is 39.9. The van der Waals surface area contributed by atoms with Crippen molar-refractivity contribution >= 4 is 55.9 Å². The molecule has 4 amide bonds. The number of nitrogens with zero attached hydrogens (tertiary/aromatic N) is 8. The second-order valence-corrected chi connectivity index (χ2v) is 14.6. The van der Waals surface area contributed by atoms with E-state index in [1.165, 1.54) is 71.7 Å². The molecule has 22 nitrogen and oxygen atoms in total. The number of methoxy groups -OCH3 is 2. The van der Waals surface area contributed by atoms with Crippen LogP contribution < -0.4 is 28.7 Å². The Morgan fingerprint density at radius 2 is 1.26 bits per heavy atom. The number of amides is 4. The number of carbonyl (C=O) groups is 4. The van der Waals surface area contributed by atoms with Crippen LogP contribution in [0.3, 0.4) is 0 Å². The summed E-state index contributed by atoms with van der Waals surface area (Å²) in [7, 11) is -3.70.